The van der Waals surface area contributed by atoms with Crippen molar-refractivity contribution in [2.75, 3.05) is 11.2 Å². The second-order valence-corrected chi connectivity index (χ2v) is 3.77. The summed E-state index contributed by atoms with van der Waals surface area (Å²) in [6, 6.07) is 4.08. The van der Waals surface area contributed by atoms with Crippen molar-refractivity contribution < 1.29 is 14.7 Å². The van der Waals surface area contributed by atoms with Crippen molar-refractivity contribution >= 4 is 40.8 Å². The van der Waals surface area contributed by atoms with Gasteiger partial charge in [-0.3, -0.25) is 4.79 Å². The summed E-state index contributed by atoms with van der Waals surface area (Å²) in [6.45, 7) is 0. The van der Waals surface area contributed by atoms with E-state index in [2.05, 4.69) is 5.32 Å². The molecule has 0 saturated carbocycles. The number of aromatic carboxylic acids is 1. The molecule has 0 heterocycles. The molecule has 0 aliphatic carbocycles. The summed E-state index contributed by atoms with van der Waals surface area (Å²) >= 11 is 11.2. The third kappa shape index (κ3) is 3.40. The van der Waals surface area contributed by atoms with Gasteiger partial charge in [0.15, 0.2) is 0 Å². The Hall–Kier alpha value is -1.26. The number of carboxylic acid groups (broad SMARTS) is 1. The lowest BCUT2D eigenvalue weighted by Gasteiger charge is -2.07. The van der Waals surface area contributed by atoms with Gasteiger partial charge in [0.05, 0.1) is 16.3 Å². The zero-order valence-electron chi connectivity index (χ0n) is 8.17. The third-order valence-corrected chi connectivity index (χ3v) is 2.33. The number of hydrogen-bond acceptors (Lipinski definition) is 2. The summed E-state index contributed by atoms with van der Waals surface area (Å²) in [6.07, 6.45) is 0.148. The van der Waals surface area contributed by atoms with Gasteiger partial charge in [-0.2, -0.15) is 0 Å². The Balaban J connectivity index is 2.90. The van der Waals surface area contributed by atoms with Gasteiger partial charge in [-0.05, 0) is 18.2 Å². The minimum Gasteiger partial charge on any atom is -0.478 e. The van der Waals surface area contributed by atoms with Crippen LogP contribution in [0.25, 0.3) is 0 Å². The summed E-state index contributed by atoms with van der Waals surface area (Å²) in [5.74, 6) is -1.19. The predicted octanol–water partition coefficient (Wildman–Crippen LogP) is 2.61. The smallest absolute Gasteiger partial charge is 0.335 e. The third-order valence-electron chi connectivity index (χ3n) is 1.81. The summed E-state index contributed by atoms with van der Waals surface area (Å²) < 4.78 is 0. The van der Waals surface area contributed by atoms with Gasteiger partial charge in [-0.15, -0.1) is 11.6 Å². The largest absolute Gasteiger partial charge is 0.478 e. The lowest BCUT2D eigenvalue weighted by molar-refractivity contribution is -0.115. The van der Waals surface area contributed by atoms with Gasteiger partial charge in [0.1, 0.15) is 0 Å². The highest BCUT2D eigenvalue weighted by Crippen LogP contribution is 2.23. The fourth-order valence-electron chi connectivity index (χ4n) is 1.05. The number of amides is 1. The molecular weight excluding hydrogens is 253 g/mol. The van der Waals surface area contributed by atoms with E-state index in [1.54, 1.807) is 0 Å². The molecule has 0 radical (unpaired) electrons. The van der Waals surface area contributed by atoms with Gasteiger partial charge in [0, 0.05) is 12.3 Å². The van der Waals surface area contributed by atoms with Crippen LogP contribution < -0.4 is 5.32 Å². The molecule has 1 rings (SSSR count). The minimum absolute atomic E-state index is 0.0607. The van der Waals surface area contributed by atoms with E-state index in [1.807, 2.05) is 0 Å². The van der Waals surface area contributed by atoms with E-state index < -0.39 is 5.97 Å². The fourth-order valence-corrected chi connectivity index (χ4v) is 1.39. The van der Waals surface area contributed by atoms with Crippen LogP contribution in [0.2, 0.25) is 5.02 Å². The number of anilines is 1. The van der Waals surface area contributed by atoms with Gasteiger partial charge in [0.2, 0.25) is 5.91 Å². The van der Waals surface area contributed by atoms with E-state index >= 15 is 0 Å². The summed E-state index contributed by atoms with van der Waals surface area (Å²) in [5, 5.41) is 11.5. The number of carbonyl (C=O) groups excluding carboxylic acids is 1. The molecule has 0 aliphatic rings. The van der Waals surface area contributed by atoms with Crippen LogP contribution in [0.4, 0.5) is 5.69 Å². The second-order valence-electron chi connectivity index (χ2n) is 2.99. The second kappa shape index (κ2) is 5.72. The normalized spacial score (nSPS) is 9.88. The Bertz CT molecular complexity index is 421. The van der Waals surface area contributed by atoms with Gasteiger partial charge < -0.3 is 10.4 Å². The summed E-state index contributed by atoms with van der Waals surface area (Å²) in [4.78, 5) is 21.9. The number of nitrogens with one attached hydrogen (secondary N) is 1. The van der Waals surface area contributed by atoms with Crippen molar-refractivity contribution in [3.8, 4) is 0 Å². The summed E-state index contributed by atoms with van der Waals surface area (Å²) in [7, 11) is 0. The Morgan fingerprint density at radius 3 is 2.62 bits per heavy atom. The first-order valence-corrected chi connectivity index (χ1v) is 5.34. The molecule has 0 saturated heterocycles. The van der Waals surface area contributed by atoms with Crippen molar-refractivity contribution in [3.05, 3.63) is 28.8 Å². The molecule has 1 aromatic carbocycles. The molecule has 6 heteroatoms. The topological polar surface area (TPSA) is 66.4 Å². The zero-order valence-corrected chi connectivity index (χ0v) is 9.68. The number of carbonyl (C=O) groups is 2. The SMILES string of the molecule is O=C(CCCl)Nc1cc(C(=O)O)ccc1Cl. The van der Waals surface area contributed by atoms with Crippen LogP contribution in [0.5, 0.6) is 0 Å². The standard InChI is InChI=1S/C10H9Cl2NO3/c11-4-3-9(14)13-8-5-6(10(15)16)1-2-7(8)12/h1-2,5H,3-4H2,(H,13,14)(H,15,16). The van der Waals surface area contributed by atoms with Crippen molar-refractivity contribution in [2.45, 2.75) is 6.42 Å². The van der Waals surface area contributed by atoms with E-state index in [-0.39, 0.29) is 34.5 Å². The van der Waals surface area contributed by atoms with Crippen molar-refractivity contribution in [1.82, 2.24) is 0 Å². The number of rotatable bonds is 4. The van der Waals surface area contributed by atoms with Gasteiger partial charge in [-0.25, -0.2) is 4.79 Å². The Morgan fingerprint density at radius 2 is 2.06 bits per heavy atom. The molecule has 1 amide bonds. The van der Waals surface area contributed by atoms with Crippen LogP contribution in [-0.4, -0.2) is 22.9 Å². The van der Waals surface area contributed by atoms with E-state index in [1.165, 1.54) is 18.2 Å². The number of carboxylic acids is 1. The highest BCUT2D eigenvalue weighted by Gasteiger charge is 2.09. The average Bonchev–Trinajstić information content (AvgIpc) is 2.21. The number of benzene rings is 1. The lowest BCUT2D eigenvalue weighted by Crippen LogP contribution is -2.12. The maximum Gasteiger partial charge on any atom is 0.335 e. The first-order chi connectivity index (χ1) is 7.54. The maximum absolute atomic E-state index is 11.2. The molecule has 0 bridgehead atoms. The average molecular weight is 262 g/mol. The van der Waals surface area contributed by atoms with Gasteiger partial charge >= 0.3 is 5.97 Å². The molecule has 2 N–H and O–H groups in total. The van der Waals surface area contributed by atoms with Crippen LogP contribution in [0.1, 0.15) is 16.8 Å². The molecule has 86 valence electrons. The molecule has 1 aromatic rings. The van der Waals surface area contributed by atoms with Crippen LogP contribution in [-0.2, 0) is 4.79 Å². The molecule has 0 aliphatic heterocycles. The molecule has 16 heavy (non-hydrogen) atoms. The molecule has 4 nitrogen and oxygen atoms in total. The number of alkyl halides is 1. The Morgan fingerprint density at radius 1 is 1.38 bits per heavy atom. The molecule has 0 atom stereocenters. The molecule has 0 fully saturated rings. The van der Waals surface area contributed by atoms with Crippen molar-refractivity contribution in [2.24, 2.45) is 0 Å². The highest BCUT2D eigenvalue weighted by atomic mass is 35.5. The lowest BCUT2D eigenvalue weighted by atomic mass is 10.2. The quantitative estimate of drug-likeness (QED) is 0.819. The Labute approximate surface area is 102 Å². The molecule has 0 aromatic heterocycles. The van der Waals surface area contributed by atoms with Crippen LogP contribution >= 0.6 is 23.2 Å². The van der Waals surface area contributed by atoms with E-state index in [0.717, 1.165) is 0 Å². The van der Waals surface area contributed by atoms with Gasteiger partial charge in [0.25, 0.3) is 0 Å². The van der Waals surface area contributed by atoms with Crippen LogP contribution in [0, 0.1) is 0 Å². The van der Waals surface area contributed by atoms with Gasteiger partial charge in [-0.1, -0.05) is 11.6 Å². The van der Waals surface area contributed by atoms with E-state index in [9.17, 15) is 9.59 Å². The maximum atomic E-state index is 11.2. The van der Waals surface area contributed by atoms with Crippen LogP contribution in [0.15, 0.2) is 18.2 Å². The zero-order chi connectivity index (χ0) is 12.1. The molecular formula is C10H9Cl2NO3. The number of hydrogen-bond donors (Lipinski definition) is 2. The summed E-state index contributed by atoms with van der Waals surface area (Å²) in [5.41, 5.74) is 0.335. The first kappa shape index (κ1) is 12.8. The van der Waals surface area contributed by atoms with Crippen LogP contribution in [0.3, 0.4) is 0 Å². The van der Waals surface area contributed by atoms with Crippen molar-refractivity contribution in [1.29, 1.82) is 0 Å². The predicted molar refractivity (Wildman–Crippen MR) is 62.4 cm³/mol. The molecule has 0 spiro atoms. The number of halogens is 2. The van der Waals surface area contributed by atoms with Crippen molar-refractivity contribution in [3.63, 3.8) is 0 Å². The highest BCUT2D eigenvalue weighted by molar-refractivity contribution is 6.34. The Kier molecular flexibility index (Phi) is 4.58. The van der Waals surface area contributed by atoms with E-state index in [4.69, 9.17) is 28.3 Å². The monoisotopic (exact) mass is 261 g/mol. The fraction of sp³-hybridized carbons (Fsp3) is 0.200. The molecule has 0 unspecified atom stereocenters. The van der Waals surface area contributed by atoms with E-state index in [0.29, 0.717) is 0 Å². The minimum atomic E-state index is -1.08. The first-order valence-electron chi connectivity index (χ1n) is 4.43.